The molecule has 1 aliphatic heterocycles. The van der Waals surface area contributed by atoms with Gasteiger partial charge in [0.15, 0.2) is 0 Å². The zero-order valence-corrected chi connectivity index (χ0v) is 12.8. The summed E-state index contributed by atoms with van der Waals surface area (Å²) in [6, 6.07) is 0.386. The molecule has 1 fully saturated rings. The third-order valence-electron chi connectivity index (χ3n) is 4.64. The van der Waals surface area contributed by atoms with E-state index in [9.17, 15) is 0 Å². The van der Waals surface area contributed by atoms with E-state index in [-0.39, 0.29) is 5.54 Å². The molecule has 2 atom stereocenters. The van der Waals surface area contributed by atoms with Crippen LogP contribution in [0, 0.1) is 5.92 Å². The second-order valence-corrected chi connectivity index (χ2v) is 6.55. The van der Waals surface area contributed by atoms with Gasteiger partial charge in [0.1, 0.15) is 0 Å². The Morgan fingerprint density at radius 2 is 1.83 bits per heavy atom. The number of likely N-dealkylation sites (tertiary alicyclic amines) is 1. The van der Waals surface area contributed by atoms with Gasteiger partial charge in [-0.3, -0.25) is 16.2 Å². The van der Waals surface area contributed by atoms with Gasteiger partial charge in [0, 0.05) is 11.6 Å². The second kappa shape index (κ2) is 7.46. The van der Waals surface area contributed by atoms with E-state index in [0.29, 0.717) is 6.04 Å². The number of hydrogen-bond acceptors (Lipinski definition) is 3. The summed E-state index contributed by atoms with van der Waals surface area (Å²) < 4.78 is 0. The summed E-state index contributed by atoms with van der Waals surface area (Å²) in [6.45, 7) is 11.8. The minimum Gasteiger partial charge on any atom is -0.297 e. The Labute approximate surface area is 113 Å². The van der Waals surface area contributed by atoms with Crippen molar-refractivity contribution in [3.05, 3.63) is 0 Å². The van der Waals surface area contributed by atoms with E-state index in [1.807, 2.05) is 0 Å². The summed E-state index contributed by atoms with van der Waals surface area (Å²) in [5.74, 6) is 6.58. The molecule has 0 aromatic carbocycles. The zero-order chi connectivity index (χ0) is 13.6. The van der Waals surface area contributed by atoms with Gasteiger partial charge in [-0.25, -0.2) is 0 Å². The average Bonchev–Trinajstić information content (AvgIpc) is 2.37. The highest BCUT2D eigenvalue weighted by Gasteiger charge is 2.35. The predicted molar refractivity (Wildman–Crippen MR) is 79.3 cm³/mol. The molecule has 3 nitrogen and oxygen atoms in total. The maximum atomic E-state index is 5.83. The van der Waals surface area contributed by atoms with Crippen molar-refractivity contribution in [3.63, 3.8) is 0 Å². The summed E-state index contributed by atoms with van der Waals surface area (Å²) in [6.07, 6.45) is 7.81. The smallest absolute Gasteiger partial charge is 0.0391 e. The highest BCUT2D eigenvalue weighted by molar-refractivity contribution is 4.94. The van der Waals surface area contributed by atoms with Crippen molar-refractivity contribution in [2.75, 3.05) is 13.1 Å². The number of rotatable bonds is 7. The molecule has 0 amide bonds. The van der Waals surface area contributed by atoms with Crippen LogP contribution in [-0.4, -0.2) is 29.6 Å². The first kappa shape index (κ1) is 15.9. The lowest BCUT2D eigenvalue weighted by Gasteiger charge is -2.46. The molecule has 0 aliphatic carbocycles. The van der Waals surface area contributed by atoms with E-state index in [2.05, 4.69) is 38.0 Å². The predicted octanol–water partition coefficient (Wildman–Crippen LogP) is 2.91. The number of nitrogens with one attached hydrogen (secondary N) is 1. The fourth-order valence-electron chi connectivity index (χ4n) is 3.26. The van der Waals surface area contributed by atoms with Crippen LogP contribution in [0.1, 0.15) is 66.2 Å². The van der Waals surface area contributed by atoms with Crippen molar-refractivity contribution >= 4 is 0 Å². The number of hydrazine groups is 1. The van der Waals surface area contributed by atoms with Crippen LogP contribution in [0.2, 0.25) is 0 Å². The average molecular weight is 255 g/mol. The summed E-state index contributed by atoms with van der Waals surface area (Å²) in [5, 5.41) is 0. The maximum Gasteiger partial charge on any atom is 0.0391 e. The molecule has 1 aliphatic rings. The molecular weight excluding hydrogens is 222 g/mol. The molecule has 0 spiro atoms. The van der Waals surface area contributed by atoms with Crippen molar-refractivity contribution in [2.24, 2.45) is 11.8 Å². The molecule has 0 bridgehead atoms. The fraction of sp³-hybridized carbons (Fsp3) is 1.00. The van der Waals surface area contributed by atoms with Crippen LogP contribution in [0.5, 0.6) is 0 Å². The highest BCUT2D eigenvalue weighted by atomic mass is 15.3. The molecule has 1 saturated heterocycles. The lowest BCUT2D eigenvalue weighted by Crippen LogP contribution is -2.60. The van der Waals surface area contributed by atoms with Crippen LogP contribution in [0.15, 0.2) is 0 Å². The van der Waals surface area contributed by atoms with Gasteiger partial charge in [0.05, 0.1) is 0 Å². The van der Waals surface area contributed by atoms with Gasteiger partial charge >= 0.3 is 0 Å². The highest BCUT2D eigenvalue weighted by Crippen LogP contribution is 2.27. The van der Waals surface area contributed by atoms with Crippen LogP contribution in [-0.2, 0) is 0 Å². The molecule has 3 heteroatoms. The summed E-state index contributed by atoms with van der Waals surface area (Å²) >= 11 is 0. The zero-order valence-electron chi connectivity index (χ0n) is 12.8. The van der Waals surface area contributed by atoms with Crippen LogP contribution in [0.4, 0.5) is 0 Å². The summed E-state index contributed by atoms with van der Waals surface area (Å²) in [7, 11) is 0. The van der Waals surface area contributed by atoms with Crippen molar-refractivity contribution in [3.8, 4) is 0 Å². The normalized spacial score (nSPS) is 21.8. The molecule has 0 radical (unpaired) electrons. The number of piperidine rings is 1. The van der Waals surface area contributed by atoms with Crippen molar-refractivity contribution in [2.45, 2.75) is 77.8 Å². The third kappa shape index (κ3) is 4.22. The lowest BCUT2D eigenvalue weighted by atomic mass is 9.84. The van der Waals surface area contributed by atoms with Crippen molar-refractivity contribution in [1.82, 2.24) is 10.3 Å². The first-order valence-corrected chi connectivity index (χ1v) is 7.73. The molecule has 0 saturated carbocycles. The van der Waals surface area contributed by atoms with Gasteiger partial charge in [-0.15, -0.1) is 0 Å². The van der Waals surface area contributed by atoms with Gasteiger partial charge in [-0.1, -0.05) is 33.1 Å². The standard InChI is InChI=1S/C15H33N3/c1-5-9-13(2)12-14(17-16)15(3,4)18-10-7-6-8-11-18/h13-14,17H,5-12,16H2,1-4H3. The van der Waals surface area contributed by atoms with E-state index >= 15 is 0 Å². The molecule has 0 aromatic rings. The monoisotopic (exact) mass is 255 g/mol. The molecule has 3 N–H and O–H groups in total. The molecule has 2 unspecified atom stereocenters. The van der Waals surface area contributed by atoms with Gasteiger partial charge < -0.3 is 0 Å². The van der Waals surface area contributed by atoms with E-state index in [0.717, 1.165) is 5.92 Å². The molecule has 1 rings (SSSR count). The first-order valence-electron chi connectivity index (χ1n) is 7.73. The van der Waals surface area contributed by atoms with Gasteiger partial charge in [0.25, 0.3) is 0 Å². The van der Waals surface area contributed by atoms with Crippen LogP contribution < -0.4 is 11.3 Å². The molecule has 18 heavy (non-hydrogen) atoms. The van der Waals surface area contributed by atoms with Crippen molar-refractivity contribution < 1.29 is 0 Å². The topological polar surface area (TPSA) is 41.3 Å². The lowest BCUT2D eigenvalue weighted by molar-refractivity contribution is 0.0528. The molecule has 0 aromatic heterocycles. The Morgan fingerprint density at radius 1 is 1.22 bits per heavy atom. The Morgan fingerprint density at radius 3 is 2.33 bits per heavy atom. The fourth-order valence-corrected chi connectivity index (χ4v) is 3.26. The number of hydrogen-bond donors (Lipinski definition) is 2. The molecule has 1 heterocycles. The number of nitrogens with two attached hydrogens (primary N) is 1. The SMILES string of the molecule is CCCC(C)CC(NN)C(C)(C)N1CCCCC1. The van der Waals surface area contributed by atoms with Crippen LogP contribution in [0.3, 0.4) is 0 Å². The van der Waals surface area contributed by atoms with Crippen LogP contribution in [0.25, 0.3) is 0 Å². The maximum absolute atomic E-state index is 5.83. The van der Waals surface area contributed by atoms with Gasteiger partial charge in [-0.05, 0) is 52.1 Å². The van der Waals surface area contributed by atoms with Crippen LogP contribution >= 0.6 is 0 Å². The van der Waals surface area contributed by atoms with E-state index in [4.69, 9.17) is 5.84 Å². The third-order valence-corrected chi connectivity index (χ3v) is 4.64. The molecular formula is C15H33N3. The second-order valence-electron chi connectivity index (χ2n) is 6.55. The van der Waals surface area contributed by atoms with Crippen molar-refractivity contribution in [1.29, 1.82) is 0 Å². The van der Waals surface area contributed by atoms with E-state index in [1.54, 1.807) is 0 Å². The van der Waals surface area contributed by atoms with Gasteiger partial charge in [0.2, 0.25) is 0 Å². The minimum absolute atomic E-state index is 0.164. The Balaban J connectivity index is 2.59. The molecule has 108 valence electrons. The Kier molecular flexibility index (Phi) is 6.61. The largest absolute Gasteiger partial charge is 0.297 e. The van der Waals surface area contributed by atoms with E-state index < -0.39 is 0 Å². The van der Waals surface area contributed by atoms with E-state index in [1.165, 1.54) is 51.6 Å². The Bertz CT molecular complexity index is 222. The Hall–Kier alpha value is -0.120. The quantitative estimate of drug-likeness (QED) is 0.543. The number of nitrogens with zero attached hydrogens (tertiary/aromatic N) is 1. The summed E-state index contributed by atoms with van der Waals surface area (Å²) in [5.41, 5.74) is 3.25. The van der Waals surface area contributed by atoms with Gasteiger partial charge in [-0.2, -0.15) is 0 Å². The minimum atomic E-state index is 0.164. The summed E-state index contributed by atoms with van der Waals surface area (Å²) in [4.78, 5) is 2.62. The first-order chi connectivity index (χ1) is 8.52.